The summed E-state index contributed by atoms with van der Waals surface area (Å²) in [6.07, 6.45) is 5.32. The zero-order valence-electron chi connectivity index (χ0n) is 29.5. The number of rotatable bonds is 9. The molecule has 14 nitrogen and oxygen atoms in total. The number of carboxylic acid groups (broad SMARTS) is 1. The van der Waals surface area contributed by atoms with Crippen LogP contribution < -0.4 is 24.8 Å². The Balaban J connectivity index is 1.35. The maximum absolute atomic E-state index is 14.4. The van der Waals surface area contributed by atoms with Gasteiger partial charge in [0, 0.05) is 34.2 Å². The van der Waals surface area contributed by atoms with Gasteiger partial charge < -0.3 is 30.1 Å². The van der Waals surface area contributed by atoms with Crippen LogP contribution in [0.1, 0.15) is 72.1 Å². The molecule has 16 heteroatoms. The highest BCUT2D eigenvalue weighted by atomic mass is 35.5. The van der Waals surface area contributed by atoms with Crippen molar-refractivity contribution in [3.05, 3.63) is 41.4 Å². The molecule has 1 saturated heterocycles. The first-order valence-electron chi connectivity index (χ1n) is 18.0. The van der Waals surface area contributed by atoms with Crippen LogP contribution in [0.2, 0.25) is 5.02 Å². The van der Waals surface area contributed by atoms with Crippen molar-refractivity contribution in [1.29, 1.82) is 0 Å². The monoisotopic (exact) mass is 759 g/mol. The van der Waals surface area contributed by atoms with Crippen molar-refractivity contribution in [2.75, 3.05) is 13.2 Å². The second-order valence-corrected chi connectivity index (χ2v) is 17.0. The van der Waals surface area contributed by atoms with Gasteiger partial charge in [0.25, 0.3) is 5.91 Å². The summed E-state index contributed by atoms with van der Waals surface area (Å²) in [5.41, 5.74) is -1.54. The molecule has 0 bridgehead atoms. The number of amides is 4. The number of carbonyl (C=O) groups excluding carboxylic acids is 3. The van der Waals surface area contributed by atoms with Crippen molar-refractivity contribution in [2.45, 2.75) is 101 Å². The molecule has 3 heterocycles. The van der Waals surface area contributed by atoms with Crippen molar-refractivity contribution < 1.29 is 42.2 Å². The smallest absolute Gasteiger partial charge is 0.405 e. The third kappa shape index (κ3) is 8.09. The van der Waals surface area contributed by atoms with Crippen molar-refractivity contribution in [3.8, 4) is 11.8 Å². The molecule has 2 aliphatic carbocycles. The molecule has 2 saturated carbocycles. The topological polar surface area (TPSA) is 193 Å². The lowest BCUT2D eigenvalue weighted by atomic mass is 9.88. The van der Waals surface area contributed by atoms with Gasteiger partial charge in [-0.05, 0) is 68.9 Å². The predicted octanol–water partition coefficient (Wildman–Crippen LogP) is 4.16. The minimum absolute atomic E-state index is 0.0233. The normalized spacial score (nSPS) is 30.2. The van der Waals surface area contributed by atoms with E-state index >= 15 is 0 Å². The summed E-state index contributed by atoms with van der Waals surface area (Å²) < 4.78 is 40.1. The van der Waals surface area contributed by atoms with Gasteiger partial charge in [-0.15, -0.1) is 0 Å². The first-order chi connectivity index (χ1) is 24.7. The van der Waals surface area contributed by atoms with Crippen molar-refractivity contribution >= 4 is 56.2 Å². The Morgan fingerprint density at radius 2 is 1.92 bits per heavy atom. The quantitative estimate of drug-likeness (QED) is 0.270. The number of benzene rings is 1. The van der Waals surface area contributed by atoms with E-state index in [4.69, 9.17) is 21.1 Å². The van der Waals surface area contributed by atoms with Gasteiger partial charge in [0.1, 0.15) is 23.7 Å². The Labute approximate surface area is 308 Å². The van der Waals surface area contributed by atoms with Gasteiger partial charge in [-0.3, -0.25) is 19.1 Å². The van der Waals surface area contributed by atoms with Gasteiger partial charge in [0.2, 0.25) is 33.6 Å². The first-order valence-corrected chi connectivity index (χ1v) is 19.9. The standard InChI is InChI=1S/C36H46ClN5O9S/c1-4-14-50-29-17-26-25(10-7-11-27(26)37)32(38-29)51-23-16-28-31(43)40-36(34(45)41-52(48,49)24-12-13-24)18-22(36)9-6-5-8-20(2)15-21(3)30(39-35(46)47)33(44)42(28)19-23/h6-7,9-11,17,20-24,28,30,39H,4-5,8,12-16,18-19H2,1-3H3,(H,40,43)(H,41,45)(H,46,47)/b9-6-/t20?,21-,22?,23-,28+,30+,36-/m1/s1. The van der Waals surface area contributed by atoms with Crippen LogP contribution in [0.25, 0.3) is 10.8 Å². The lowest BCUT2D eigenvalue weighted by Gasteiger charge is -2.32. The van der Waals surface area contributed by atoms with E-state index in [1.165, 1.54) is 4.90 Å². The molecular weight excluding hydrogens is 714 g/mol. The van der Waals surface area contributed by atoms with Crippen LogP contribution in [0.4, 0.5) is 4.79 Å². The lowest BCUT2D eigenvalue weighted by molar-refractivity contribution is -0.142. The average molecular weight is 760 g/mol. The van der Waals surface area contributed by atoms with Crippen LogP contribution in [-0.4, -0.2) is 89.4 Å². The summed E-state index contributed by atoms with van der Waals surface area (Å²) in [7, 11) is -3.91. The molecule has 52 heavy (non-hydrogen) atoms. The highest BCUT2D eigenvalue weighted by Crippen LogP contribution is 2.46. The Morgan fingerprint density at radius 3 is 2.63 bits per heavy atom. The van der Waals surface area contributed by atoms with Gasteiger partial charge in [0.15, 0.2) is 0 Å². The molecule has 4 N–H and O–H groups in total. The summed E-state index contributed by atoms with van der Waals surface area (Å²) in [5, 5.41) is 16.0. The van der Waals surface area contributed by atoms with E-state index in [1.807, 2.05) is 26.0 Å². The first kappa shape index (κ1) is 37.6. The summed E-state index contributed by atoms with van der Waals surface area (Å²) >= 11 is 6.54. The molecule has 7 atom stereocenters. The summed E-state index contributed by atoms with van der Waals surface area (Å²) in [4.78, 5) is 60.3. The van der Waals surface area contributed by atoms with Gasteiger partial charge in [0.05, 0.1) is 18.4 Å². The number of hydrogen-bond donors (Lipinski definition) is 4. The molecule has 2 unspecified atom stereocenters. The SMILES string of the molecule is CCCOc1cc2c(Cl)cccc2c(O[C@@H]2C[C@H]3C(=O)N[C@]4(C(=O)NS(=O)(=O)C5CC5)CC4/C=C\CCC(C)C[C@@H](C)[C@H](NC(=O)O)C(=O)N3C2)n1. The van der Waals surface area contributed by atoms with E-state index < -0.39 is 74.7 Å². The number of nitrogens with one attached hydrogen (secondary N) is 3. The fraction of sp³-hybridized carbons (Fsp3) is 0.583. The molecular formula is C36H46ClN5O9S. The van der Waals surface area contributed by atoms with E-state index in [0.717, 1.165) is 12.8 Å². The highest BCUT2D eigenvalue weighted by molar-refractivity contribution is 7.91. The molecule has 1 aromatic heterocycles. The minimum atomic E-state index is -3.91. The molecule has 0 radical (unpaired) electrons. The molecule has 2 aromatic rings. The Morgan fingerprint density at radius 1 is 1.15 bits per heavy atom. The predicted molar refractivity (Wildman–Crippen MR) is 192 cm³/mol. The summed E-state index contributed by atoms with van der Waals surface area (Å²) in [6, 6.07) is 4.62. The van der Waals surface area contributed by atoms with Crippen molar-refractivity contribution in [3.63, 3.8) is 0 Å². The molecule has 282 valence electrons. The average Bonchev–Trinajstić information content (AvgIpc) is 4.01. The zero-order chi connectivity index (χ0) is 37.4. The largest absolute Gasteiger partial charge is 0.478 e. The fourth-order valence-electron chi connectivity index (χ4n) is 7.35. The summed E-state index contributed by atoms with van der Waals surface area (Å²) in [6.45, 7) is 6.09. The fourth-order valence-corrected chi connectivity index (χ4v) is 8.94. The molecule has 1 aromatic carbocycles. The molecule has 6 rings (SSSR count). The van der Waals surface area contributed by atoms with E-state index in [2.05, 4.69) is 20.3 Å². The van der Waals surface area contributed by atoms with Crippen LogP contribution in [0, 0.1) is 17.8 Å². The molecule has 4 aliphatic rings. The number of halogens is 1. The van der Waals surface area contributed by atoms with Crippen molar-refractivity contribution in [2.24, 2.45) is 17.8 Å². The summed E-state index contributed by atoms with van der Waals surface area (Å²) in [5.74, 6) is -2.41. The van der Waals surface area contributed by atoms with E-state index in [0.29, 0.717) is 48.1 Å². The molecule has 4 amide bonds. The zero-order valence-corrected chi connectivity index (χ0v) is 31.0. The molecule has 0 spiro atoms. The van der Waals surface area contributed by atoms with E-state index in [-0.39, 0.29) is 37.1 Å². The minimum Gasteiger partial charge on any atom is -0.478 e. The van der Waals surface area contributed by atoms with Crippen LogP contribution in [0.3, 0.4) is 0 Å². The maximum Gasteiger partial charge on any atom is 0.405 e. The lowest BCUT2D eigenvalue weighted by Crippen LogP contribution is -2.59. The number of allylic oxidation sites excluding steroid dienone is 1. The molecule has 3 fully saturated rings. The number of pyridine rings is 1. The van der Waals surface area contributed by atoms with Gasteiger partial charge >= 0.3 is 6.09 Å². The van der Waals surface area contributed by atoms with E-state index in [9.17, 15) is 32.7 Å². The Bertz CT molecular complexity index is 1870. The van der Waals surface area contributed by atoms with Crippen molar-refractivity contribution in [1.82, 2.24) is 25.2 Å². The second-order valence-electron chi connectivity index (χ2n) is 14.6. The van der Waals surface area contributed by atoms with E-state index in [1.54, 1.807) is 31.2 Å². The number of hydrogen-bond acceptors (Lipinski definition) is 9. The third-order valence-corrected chi connectivity index (χ3v) is 12.5. The third-order valence-electron chi connectivity index (χ3n) is 10.4. The Kier molecular flexibility index (Phi) is 10.9. The molecule has 2 aliphatic heterocycles. The van der Waals surface area contributed by atoms with Crippen LogP contribution in [0.15, 0.2) is 36.4 Å². The van der Waals surface area contributed by atoms with Crippen LogP contribution >= 0.6 is 11.6 Å². The number of carbonyl (C=O) groups is 4. The number of ether oxygens (including phenoxy) is 2. The van der Waals surface area contributed by atoms with Crippen LogP contribution in [0.5, 0.6) is 11.8 Å². The maximum atomic E-state index is 14.4. The van der Waals surface area contributed by atoms with Gasteiger partial charge in [-0.1, -0.05) is 50.6 Å². The number of fused-ring (bicyclic) bond motifs is 3. The second kappa shape index (κ2) is 15.1. The van der Waals surface area contributed by atoms with Gasteiger partial charge in [-0.2, -0.15) is 4.98 Å². The Hall–Kier alpha value is -4.11. The number of nitrogens with zero attached hydrogens (tertiary/aromatic N) is 2. The number of aromatic nitrogens is 1. The number of sulfonamides is 1. The van der Waals surface area contributed by atoms with Gasteiger partial charge in [-0.25, -0.2) is 13.2 Å². The highest BCUT2D eigenvalue weighted by Gasteiger charge is 2.62. The van der Waals surface area contributed by atoms with Crippen LogP contribution in [-0.2, 0) is 24.4 Å².